The molecule has 0 atom stereocenters. The molecule has 0 bridgehead atoms. The van der Waals surface area contributed by atoms with Gasteiger partial charge in [0.05, 0.1) is 4.47 Å². The van der Waals surface area contributed by atoms with Crippen molar-refractivity contribution in [3.63, 3.8) is 0 Å². The van der Waals surface area contributed by atoms with Crippen molar-refractivity contribution in [2.24, 2.45) is 0 Å². The molecule has 1 aromatic carbocycles. The quantitative estimate of drug-likeness (QED) is 0.879. The van der Waals surface area contributed by atoms with Crippen molar-refractivity contribution in [2.75, 3.05) is 5.32 Å². The predicted octanol–water partition coefficient (Wildman–Crippen LogP) is 4.55. The maximum atomic E-state index is 5.91. The molecule has 0 unspecified atom stereocenters. The van der Waals surface area contributed by atoms with Gasteiger partial charge in [0.2, 0.25) is 0 Å². The van der Waals surface area contributed by atoms with Gasteiger partial charge in [-0.05, 0) is 52.7 Å². The summed E-state index contributed by atoms with van der Waals surface area (Å²) < 4.78 is 0.968. The van der Waals surface area contributed by atoms with Crippen molar-refractivity contribution in [3.8, 4) is 0 Å². The van der Waals surface area contributed by atoms with Gasteiger partial charge in [0.15, 0.2) is 0 Å². The minimum Gasteiger partial charge on any atom is -0.339 e. The maximum absolute atomic E-state index is 5.91. The van der Waals surface area contributed by atoms with E-state index in [-0.39, 0.29) is 0 Å². The van der Waals surface area contributed by atoms with E-state index >= 15 is 0 Å². The molecule has 4 heteroatoms. The first-order valence-electron chi connectivity index (χ1n) is 4.80. The van der Waals surface area contributed by atoms with Crippen molar-refractivity contribution in [1.82, 2.24) is 4.98 Å². The fourth-order valence-corrected chi connectivity index (χ4v) is 1.85. The van der Waals surface area contributed by atoms with E-state index in [1.165, 1.54) is 0 Å². The summed E-state index contributed by atoms with van der Waals surface area (Å²) in [5.74, 6) is 0.794. The predicted molar refractivity (Wildman–Crippen MR) is 71.4 cm³/mol. The Morgan fingerprint density at radius 2 is 2.12 bits per heavy atom. The van der Waals surface area contributed by atoms with E-state index in [2.05, 4.69) is 26.2 Å². The summed E-state index contributed by atoms with van der Waals surface area (Å²) in [6.07, 6.45) is 1.77. The third-order valence-electron chi connectivity index (χ3n) is 2.17. The summed E-state index contributed by atoms with van der Waals surface area (Å²) in [6.45, 7) is 2.02. The minimum absolute atomic E-state index is 0.703. The number of aryl methyl sites for hydroxylation is 1. The van der Waals surface area contributed by atoms with Crippen molar-refractivity contribution in [2.45, 2.75) is 6.92 Å². The van der Waals surface area contributed by atoms with Crippen LogP contribution in [0.3, 0.4) is 0 Å². The Morgan fingerprint density at radius 3 is 2.88 bits per heavy atom. The first-order chi connectivity index (χ1) is 7.66. The summed E-state index contributed by atoms with van der Waals surface area (Å²) in [4.78, 5) is 4.26. The lowest BCUT2D eigenvalue weighted by Crippen LogP contribution is -1.95. The molecule has 1 N–H and O–H groups in total. The summed E-state index contributed by atoms with van der Waals surface area (Å²) in [7, 11) is 0. The Bertz CT molecular complexity index is 514. The first-order valence-corrected chi connectivity index (χ1v) is 5.97. The van der Waals surface area contributed by atoms with E-state index in [0.29, 0.717) is 5.02 Å². The fraction of sp³-hybridized carbons (Fsp3) is 0.0833. The van der Waals surface area contributed by atoms with Crippen molar-refractivity contribution in [3.05, 3.63) is 51.6 Å². The molecule has 2 nitrogen and oxygen atoms in total. The highest BCUT2D eigenvalue weighted by atomic mass is 79.9. The zero-order valence-corrected chi connectivity index (χ0v) is 11.0. The zero-order valence-electron chi connectivity index (χ0n) is 8.67. The summed E-state index contributed by atoms with van der Waals surface area (Å²) >= 11 is 9.41. The molecule has 1 aromatic heterocycles. The monoisotopic (exact) mass is 296 g/mol. The lowest BCUT2D eigenvalue weighted by Gasteiger charge is -2.09. The second-order valence-corrected chi connectivity index (χ2v) is 4.66. The molecule has 0 saturated carbocycles. The van der Waals surface area contributed by atoms with Gasteiger partial charge in [-0.3, -0.25) is 0 Å². The van der Waals surface area contributed by atoms with Crippen LogP contribution >= 0.6 is 27.5 Å². The normalized spacial score (nSPS) is 10.2. The molecule has 0 amide bonds. The van der Waals surface area contributed by atoms with E-state index in [1.807, 2.05) is 37.3 Å². The second-order valence-electron chi connectivity index (χ2n) is 3.43. The number of nitrogens with zero attached hydrogens (tertiary/aromatic N) is 1. The lowest BCUT2D eigenvalue weighted by atomic mass is 10.3. The van der Waals surface area contributed by atoms with E-state index in [0.717, 1.165) is 21.5 Å². The molecular weight excluding hydrogens is 288 g/mol. The number of anilines is 2. The molecule has 0 radical (unpaired) electrons. The van der Waals surface area contributed by atoms with Crippen LogP contribution in [0.25, 0.3) is 0 Å². The molecule has 0 fully saturated rings. The molecule has 2 aromatic rings. The number of hydrogen-bond acceptors (Lipinski definition) is 2. The number of pyridine rings is 1. The van der Waals surface area contributed by atoms with Crippen LogP contribution < -0.4 is 5.32 Å². The van der Waals surface area contributed by atoms with E-state index < -0.39 is 0 Å². The first kappa shape index (κ1) is 11.4. The van der Waals surface area contributed by atoms with E-state index in [1.54, 1.807) is 6.20 Å². The number of rotatable bonds is 2. The second kappa shape index (κ2) is 4.85. The highest BCUT2D eigenvalue weighted by molar-refractivity contribution is 9.10. The van der Waals surface area contributed by atoms with E-state index in [9.17, 15) is 0 Å². The smallest absolute Gasteiger partial charge is 0.144 e. The minimum atomic E-state index is 0.703. The van der Waals surface area contributed by atoms with Crippen LogP contribution in [0, 0.1) is 6.92 Å². The Labute approximate surface area is 108 Å². The fourth-order valence-electron chi connectivity index (χ4n) is 1.33. The SMILES string of the molecule is Cc1ccnc(Nc2cccc(Cl)c2)c1Br. The standard InChI is InChI=1S/C12H10BrClN2/c1-8-5-6-15-12(11(8)13)16-10-4-2-3-9(14)7-10/h2-7H,1H3,(H,15,16). The highest BCUT2D eigenvalue weighted by Gasteiger charge is 2.04. The molecule has 82 valence electrons. The van der Waals surface area contributed by atoms with Crippen molar-refractivity contribution >= 4 is 39.0 Å². The molecule has 0 aliphatic heterocycles. The van der Waals surface area contributed by atoms with Gasteiger partial charge in [0.25, 0.3) is 0 Å². The largest absolute Gasteiger partial charge is 0.339 e. The number of nitrogens with one attached hydrogen (secondary N) is 1. The van der Waals surface area contributed by atoms with Gasteiger partial charge in [-0.25, -0.2) is 4.98 Å². The Morgan fingerprint density at radius 1 is 1.31 bits per heavy atom. The summed E-state index contributed by atoms with van der Waals surface area (Å²) in [5, 5.41) is 3.91. The third kappa shape index (κ3) is 2.54. The van der Waals surface area contributed by atoms with Crippen LogP contribution in [0.1, 0.15) is 5.56 Å². The Kier molecular flexibility index (Phi) is 3.46. The highest BCUT2D eigenvalue weighted by Crippen LogP contribution is 2.27. The number of aromatic nitrogens is 1. The Hall–Kier alpha value is -1.06. The van der Waals surface area contributed by atoms with Gasteiger partial charge in [-0.1, -0.05) is 17.7 Å². The van der Waals surface area contributed by atoms with Gasteiger partial charge in [0.1, 0.15) is 5.82 Å². The van der Waals surface area contributed by atoms with Crippen LogP contribution in [0.4, 0.5) is 11.5 Å². The van der Waals surface area contributed by atoms with Crippen molar-refractivity contribution < 1.29 is 0 Å². The van der Waals surface area contributed by atoms with E-state index in [4.69, 9.17) is 11.6 Å². The molecule has 2 rings (SSSR count). The van der Waals surface area contributed by atoms with Gasteiger partial charge in [-0.15, -0.1) is 0 Å². The van der Waals surface area contributed by atoms with Crippen LogP contribution in [-0.2, 0) is 0 Å². The molecule has 0 aliphatic carbocycles. The molecule has 16 heavy (non-hydrogen) atoms. The van der Waals surface area contributed by atoms with Crippen LogP contribution in [0.2, 0.25) is 5.02 Å². The molecule has 0 spiro atoms. The Balaban J connectivity index is 2.31. The third-order valence-corrected chi connectivity index (χ3v) is 3.41. The topological polar surface area (TPSA) is 24.9 Å². The van der Waals surface area contributed by atoms with Crippen LogP contribution in [0.5, 0.6) is 0 Å². The molecule has 0 aliphatic rings. The van der Waals surface area contributed by atoms with Gasteiger partial charge < -0.3 is 5.32 Å². The van der Waals surface area contributed by atoms with Crippen LogP contribution in [-0.4, -0.2) is 4.98 Å². The van der Waals surface area contributed by atoms with Crippen molar-refractivity contribution in [1.29, 1.82) is 0 Å². The van der Waals surface area contributed by atoms with Gasteiger partial charge >= 0.3 is 0 Å². The summed E-state index contributed by atoms with van der Waals surface area (Å²) in [6, 6.07) is 9.49. The van der Waals surface area contributed by atoms with Crippen LogP contribution in [0.15, 0.2) is 41.0 Å². The van der Waals surface area contributed by atoms with Gasteiger partial charge in [-0.2, -0.15) is 0 Å². The van der Waals surface area contributed by atoms with Gasteiger partial charge in [0, 0.05) is 16.9 Å². The molecule has 1 heterocycles. The molecule has 0 saturated heterocycles. The summed E-state index contributed by atoms with van der Waals surface area (Å²) in [5.41, 5.74) is 2.06. The average molecular weight is 298 g/mol. The number of halogens is 2. The maximum Gasteiger partial charge on any atom is 0.144 e. The average Bonchev–Trinajstić information content (AvgIpc) is 2.25. The molecular formula is C12H10BrClN2. The number of hydrogen-bond donors (Lipinski definition) is 1. The lowest BCUT2D eigenvalue weighted by molar-refractivity contribution is 1.25. The zero-order chi connectivity index (χ0) is 11.5. The number of benzene rings is 1.